The Hall–Kier alpha value is -2.79. The number of carbonyl (C=O) groups is 1. The minimum Gasteiger partial charge on any atom is -0.380 e. The molecular formula is C25H37N7O3. The van der Waals surface area contributed by atoms with E-state index in [1.165, 1.54) is 10.1 Å². The maximum Gasteiger partial charge on any atom is 0.354 e. The monoisotopic (exact) mass is 483 g/mol. The molecule has 1 aromatic carbocycles. The maximum atomic E-state index is 12.6. The molecule has 1 aliphatic carbocycles. The van der Waals surface area contributed by atoms with Crippen LogP contribution < -0.4 is 22.1 Å². The summed E-state index contributed by atoms with van der Waals surface area (Å²) in [5, 5.41) is 5.93. The number of hydrogen-bond acceptors (Lipinski definition) is 7. The molecule has 2 fully saturated rings. The lowest BCUT2D eigenvalue weighted by Gasteiger charge is -2.39. The van der Waals surface area contributed by atoms with Crippen LogP contribution in [0.3, 0.4) is 0 Å². The molecule has 4 rings (SSSR count). The van der Waals surface area contributed by atoms with Gasteiger partial charge >= 0.3 is 11.7 Å². The van der Waals surface area contributed by atoms with E-state index in [0.717, 1.165) is 51.1 Å². The molecule has 1 aromatic heterocycles. The van der Waals surface area contributed by atoms with Gasteiger partial charge < -0.3 is 20.7 Å². The predicted octanol–water partition coefficient (Wildman–Crippen LogP) is 1.39. The summed E-state index contributed by atoms with van der Waals surface area (Å²) in [6, 6.07) is 9.93. The van der Waals surface area contributed by atoms with Crippen LogP contribution in [0.2, 0.25) is 0 Å². The van der Waals surface area contributed by atoms with Crippen LogP contribution in [0, 0.1) is 0 Å². The zero-order valence-corrected chi connectivity index (χ0v) is 20.7. The van der Waals surface area contributed by atoms with Crippen LogP contribution in [0.1, 0.15) is 31.7 Å². The number of nitrogens with one attached hydrogen (secondary N) is 2. The Bertz CT molecular complexity index is 1040. The van der Waals surface area contributed by atoms with Gasteiger partial charge in [0.25, 0.3) is 0 Å². The van der Waals surface area contributed by atoms with Crippen molar-refractivity contribution in [2.45, 2.75) is 50.9 Å². The number of piperazine rings is 1. The zero-order valence-electron chi connectivity index (χ0n) is 20.7. The number of amides is 2. The van der Waals surface area contributed by atoms with Crippen molar-refractivity contribution in [1.29, 1.82) is 0 Å². The first-order chi connectivity index (χ1) is 17.0. The van der Waals surface area contributed by atoms with Crippen molar-refractivity contribution >= 4 is 11.8 Å². The molecule has 35 heavy (non-hydrogen) atoms. The third kappa shape index (κ3) is 6.26. The number of anilines is 1. The molecule has 2 amide bonds. The highest BCUT2D eigenvalue weighted by Crippen LogP contribution is 2.25. The predicted molar refractivity (Wildman–Crippen MR) is 136 cm³/mol. The van der Waals surface area contributed by atoms with Crippen LogP contribution in [-0.2, 0) is 11.3 Å². The largest absolute Gasteiger partial charge is 0.380 e. The fraction of sp³-hybridized carbons (Fsp3) is 0.560. The topological polar surface area (TPSA) is 118 Å². The molecule has 1 saturated carbocycles. The summed E-state index contributed by atoms with van der Waals surface area (Å²) >= 11 is 0. The van der Waals surface area contributed by atoms with Gasteiger partial charge in [-0.25, -0.2) is 9.59 Å². The Morgan fingerprint density at radius 2 is 1.97 bits per heavy atom. The van der Waals surface area contributed by atoms with Crippen molar-refractivity contribution < 1.29 is 9.53 Å². The number of urea groups is 1. The first kappa shape index (κ1) is 25.3. The summed E-state index contributed by atoms with van der Waals surface area (Å²) < 4.78 is 7.08. The van der Waals surface area contributed by atoms with Crippen molar-refractivity contribution in [3.63, 3.8) is 0 Å². The van der Waals surface area contributed by atoms with Gasteiger partial charge in [0, 0.05) is 58.1 Å². The molecule has 10 heteroatoms. The van der Waals surface area contributed by atoms with Crippen molar-refractivity contribution in [2.75, 3.05) is 45.2 Å². The molecule has 2 heterocycles. The fourth-order valence-corrected chi connectivity index (χ4v) is 4.96. The molecule has 2 aromatic rings. The Morgan fingerprint density at radius 1 is 1.23 bits per heavy atom. The number of rotatable bonds is 7. The first-order valence-corrected chi connectivity index (χ1v) is 12.5. The maximum absolute atomic E-state index is 12.6. The van der Waals surface area contributed by atoms with Crippen molar-refractivity contribution in [2.24, 2.45) is 5.73 Å². The minimum absolute atomic E-state index is 0.106. The van der Waals surface area contributed by atoms with Crippen LogP contribution in [0.4, 0.5) is 10.6 Å². The first-order valence-electron chi connectivity index (χ1n) is 12.5. The van der Waals surface area contributed by atoms with Gasteiger partial charge in [0.05, 0.1) is 11.8 Å². The number of ether oxygens (including phenoxy) is 1. The standard InChI is InChI=1S/C25H37N7O3/c1-3-30(20-8-9-21(26)22(16-20)35-2)17-18-4-6-19(7-5-18)32-13-10-23(29-25(32)34)28-24(33)31-14-11-27-12-15-31/h4-7,10,13,20-22,27H,3,8-9,11-12,14-17,26H2,1-2H3,(H,28,29,33,34)/t20?,21?,22-/m0/s1. The molecule has 3 atom stereocenters. The molecule has 10 nitrogen and oxygen atoms in total. The van der Waals surface area contributed by atoms with Crippen LogP contribution in [0.5, 0.6) is 0 Å². The van der Waals surface area contributed by atoms with Crippen LogP contribution >= 0.6 is 0 Å². The van der Waals surface area contributed by atoms with E-state index in [1.807, 2.05) is 24.3 Å². The lowest BCUT2D eigenvalue weighted by Crippen LogP contribution is -2.48. The Labute approximate surface area is 206 Å². The fourth-order valence-electron chi connectivity index (χ4n) is 4.96. The molecule has 1 aliphatic heterocycles. The van der Waals surface area contributed by atoms with Crippen molar-refractivity contribution in [1.82, 2.24) is 24.7 Å². The van der Waals surface area contributed by atoms with E-state index in [2.05, 4.69) is 27.4 Å². The number of nitrogens with two attached hydrogens (primary N) is 1. The molecular weight excluding hydrogens is 446 g/mol. The summed E-state index contributed by atoms with van der Waals surface area (Å²) in [6.45, 7) is 6.74. The molecule has 4 N–H and O–H groups in total. The average Bonchev–Trinajstić information content (AvgIpc) is 2.89. The van der Waals surface area contributed by atoms with Crippen molar-refractivity contribution in [3.05, 3.63) is 52.6 Å². The Morgan fingerprint density at radius 3 is 2.63 bits per heavy atom. The summed E-state index contributed by atoms with van der Waals surface area (Å²) in [4.78, 5) is 33.2. The summed E-state index contributed by atoms with van der Waals surface area (Å²) in [6.07, 6.45) is 4.74. The van der Waals surface area contributed by atoms with Crippen LogP contribution in [-0.4, -0.2) is 83.4 Å². The quantitative estimate of drug-likeness (QED) is 0.545. The Kier molecular flexibility index (Phi) is 8.50. The van der Waals surface area contributed by atoms with Gasteiger partial charge in [0.2, 0.25) is 0 Å². The molecule has 0 spiro atoms. The highest BCUT2D eigenvalue weighted by molar-refractivity contribution is 5.88. The number of hydrogen-bond donors (Lipinski definition) is 3. The minimum atomic E-state index is -0.435. The van der Waals surface area contributed by atoms with Crippen LogP contribution in [0.15, 0.2) is 41.3 Å². The molecule has 0 radical (unpaired) electrons. The third-order valence-electron chi connectivity index (χ3n) is 7.08. The normalized spacial score (nSPS) is 22.9. The van der Waals surface area contributed by atoms with Gasteiger partial charge in [-0.05, 0) is 49.6 Å². The molecule has 2 unspecified atom stereocenters. The number of nitrogens with zero attached hydrogens (tertiary/aromatic N) is 4. The van der Waals surface area contributed by atoms with Gasteiger partial charge in [-0.3, -0.25) is 14.8 Å². The van der Waals surface area contributed by atoms with E-state index in [4.69, 9.17) is 10.5 Å². The number of carbonyl (C=O) groups excluding carboxylic acids is 1. The molecule has 190 valence electrons. The second-order valence-electron chi connectivity index (χ2n) is 9.27. The molecule has 2 aliphatic rings. The number of aromatic nitrogens is 2. The van der Waals surface area contributed by atoms with E-state index in [-0.39, 0.29) is 24.0 Å². The second-order valence-corrected chi connectivity index (χ2v) is 9.27. The van der Waals surface area contributed by atoms with E-state index in [9.17, 15) is 9.59 Å². The highest BCUT2D eigenvalue weighted by atomic mass is 16.5. The second kappa shape index (κ2) is 11.8. The van der Waals surface area contributed by atoms with E-state index in [0.29, 0.717) is 19.1 Å². The number of methoxy groups -OCH3 is 1. The Balaban J connectivity index is 1.39. The number of benzene rings is 1. The van der Waals surface area contributed by atoms with Gasteiger partial charge in [0.15, 0.2) is 0 Å². The SMILES string of the molecule is CCN(Cc1ccc(-n2ccc(NC(=O)N3CCNCC3)nc2=O)cc1)C1CCC(N)[C@@H](OC)C1. The van der Waals surface area contributed by atoms with Crippen molar-refractivity contribution in [3.8, 4) is 5.69 Å². The summed E-state index contributed by atoms with van der Waals surface area (Å²) in [7, 11) is 1.74. The summed E-state index contributed by atoms with van der Waals surface area (Å²) in [5.41, 5.74) is 7.68. The van der Waals surface area contributed by atoms with Gasteiger partial charge in [-0.1, -0.05) is 19.1 Å². The highest BCUT2D eigenvalue weighted by Gasteiger charge is 2.31. The van der Waals surface area contributed by atoms with E-state index >= 15 is 0 Å². The van der Waals surface area contributed by atoms with Gasteiger partial charge in [-0.2, -0.15) is 4.98 Å². The lowest BCUT2D eigenvalue weighted by molar-refractivity contribution is 0.0136. The average molecular weight is 484 g/mol. The summed E-state index contributed by atoms with van der Waals surface area (Å²) in [5.74, 6) is 0.256. The molecule has 0 bridgehead atoms. The molecule has 1 saturated heterocycles. The van der Waals surface area contributed by atoms with Crippen LogP contribution in [0.25, 0.3) is 5.69 Å². The van der Waals surface area contributed by atoms with Gasteiger partial charge in [-0.15, -0.1) is 0 Å². The lowest BCUT2D eigenvalue weighted by atomic mass is 9.88. The zero-order chi connectivity index (χ0) is 24.8. The van der Waals surface area contributed by atoms with Gasteiger partial charge in [0.1, 0.15) is 5.82 Å². The van der Waals surface area contributed by atoms with E-state index < -0.39 is 5.69 Å². The van der Waals surface area contributed by atoms with E-state index in [1.54, 1.807) is 24.3 Å². The smallest absolute Gasteiger partial charge is 0.354 e. The third-order valence-corrected chi connectivity index (χ3v) is 7.08.